The predicted octanol–water partition coefficient (Wildman–Crippen LogP) is -3.72. The van der Waals surface area contributed by atoms with Crippen LogP contribution in [-0.4, -0.2) is 62.1 Å². The largest absolute Gasteiger partial charge is 0.563 e. The van der Waals surface area contributed by atoms with Crippen molar-refractivity contribution in [1.29, 1.82) is 0 Å². The SMILES string of the molecule is CC(O)[C@H](NC(=O)N[C@@H](CC(N)=O)c1nc([C@H](N)CO)no1)C(=O)[OH2+]. The van der Waals surface area contributed by atoms with Crippen LogP contribution in [0.15, 0.2) is 4.52 Å². The molecule has 0 aliphatic heterocycles. The quantitative estimate of drug-likeness (QED) is 0.237. The Hall–Kier alpha value is -2.77. The first-order valence-electron chi connectivity index (χ1n) is 7.14. The maximum absolute atomic E-state index is 11.9. The van der Waals surface area contributed by atoms with Crippen LogP contribution in [0, 0.1) is 0 Å². The molecule has 140 valence electrons. The second-order valence-electron chi connectivity index (χ2n) is 5.20. The molecular weight excluding hydrogens is 340 g/mol. The van der Waals surface area contributed by atoms with E-state index in [0.29, 0.717) is 0 Å². The van der Waals surface area contributed by atoms with Crippen LogP contribution in [0.25, 0.3) is 0 Å². The summed E-state index contributed by atoms with van der Waals surface area (Å²) in [5.74, 6) is -2.23. The molecule has 0 aliphatic carbocycles. The zero-order valence-corrected chi connectivity index (χ0v) is 13.3. The smallest absolute Gasteiger partial charge is 0.541 e. The molecule has 1 aromatic heterocycles. The highest BCUT2D eigenvalue weighted by molar-refractivity contribution is 5.83. The van der Waals surface area contributed by atoms with Gasteiger partial charge in [-0.25, -0.2) is 4.79 Å². The molecule has 0 bridgehead atoms. The van der Waals surface area contributed by atoms with E-state index in [4.69, 9.17) is 26.2 Å². The van der Waals surface area contributed by atoms with Crippen molar-refractivity contribution in [2.75, 3.05) is 6.61 Å². The van der Waals surface area contributed by atoms with E-state index in [9.17, 15) is 19.5 Å². The number of urea groups is 1. The van der Waals surface area contributed by atoms with Crippen molar-refractivity contribution < 1.29 is 34.2 Å². The number of hydrogen-bond acceptors (Lipinski definition) is 9. The van der Waals surface area contributed by atoms with E-state index in [0.717, 1.165) is 0 Å². The molecular formula is C12H21N6O7+. The Morgan fingerprint density at radius 3 is 2.48 bits per heavy atom. The summed E-state index contributed by atoms with van der Waals surface area (Å²) < 4.78 is 4.90. The Kier molecular flexibility index (Phi) is 7.22. The molecule has 10 N–H and O–H groups in total. The average Bonchev–Trinajstić information content (AvgIpc) is 3.00. The maximum Gasteiger partial charge on any atom is 0.541 e. The normalized spacial score (nSPS) is 15.7. The first kappa shape index (κ1) is 20.3. The Morgan fingerprint density at radius 2 is 2.00 bits per heavy atom. The fraction of sp³-hybridized carbons (Fsp3) is 0.583. The molecule has 0 spiro atoms. The topological polar surface area (TPSA) is 230 Å². The monoisotopic (exact) mass is 361 g/mol. The lowest BCUT2D eigenvalue weighted by molar-refractivity contribution is -0.141. The van der Waals surface area contributed by atoms with Crippen LogP contribution in [0.3, 0.4) is 0 Å². The van der Waals surface area contributed by atoms with E-state index >= 15 is 0 Å². The van der Waals surface area contributed by atoms with Gasteiger partial charge in [-0.1, -0.05) is 5.16 Å². The number of amides is 3. The molecule has 0 aromatic carbocycles. The molecule has 0 radical (unpaired) electrons. The number of nitrogens with zero attached hydrogens (tertiary/aromatic N) is 2. The van der Waals surface area contributed by atoms with E-state index in [1.54, 1.807) is 0 Å². The van der Waals surface area contributed by atoms with Gasteiger partial charge >= 0.3 is 12.0 Å². The van der Waals surface area contributed by atoms with Crippen molar-refractivity contribution in [3.8, 4) is 0 Å². The minimum atomic E-state index is -1.46. The lowest BCUT2D eigenvalue weighted by atomic mass is 10.2. The van der Waals surface area contributed by atoms with E-state index in [-0.39, 0.29) is 11.7 Å². The molecule has 4 atom stereocenters. The Balaban J connectivity index is 2.89. The molecule has 1 unspecified atom stereocenters. The second-order valence-corrected chi connectivity index (χ2v) is 5.20. The average molecular weight is 361 g/mol. The van der Waals surface area contributed by atoms with Gasteiger partial charge in [-0.3, -0.25) is 4.79 Å². The van der Waals surface area contributed by atoms with Crippen molar-refractivity contribution in [2.24, 2.45) is 11.5 Å². The summed E-state index contributed by atoms with van der Waals surface area (Å²) in [7, 11) is 0. The molecule has 13 nitrogen and oxygen atoms in total. The maximum atomic E-state index is 11.9. The van der Waals surface area contributed by atoms with Gasteiger partial charge in [0.2, 0.25) is 17.8 Å². The highest BCUT2D eigenvalue weighted by atomic mass is 16.5. The molecule has 0 saturated heterocycles. The number of hydrogen-bond donors (Lipinski definition) is 6. The molecule has 3 amide bonds. The van der Waals surface area contributed by atoms with Crippen LogP contribution in [0.1, 0.15) is 37.1 Å². The molecule has 0 fully saturated rings. The van der Waals surface area contributed by atoms with Gasteiger partial charge in [0.05, 0.1) is 25.2 Å². The van der Waals surface area contributed by atoms with Crippen LogP contribution in [0.4, 0.5) is 4.79 Å². The Morgan fingerprint density at radius 1 is 1.36 bits per heavy atom. The van der Waals surface area contributed by atoms with Gasteiger partial charge in [0, 0.05) is 4.79 Å². The lowest BCUT2D eigenvalue weighted by Gasteiger charge is -2.17. The first-order valence-corrected chi connectivity index (χ1v) is 7.14. The summed E-state index contributed by atoms with van der Waals surface area (Å²) in [5.41, 5.74) is 10.6. The van der Waals surface area contributed by atoms with Gasteiger partial charge < -0.3 is 41.9 Å². The third-order valence-electron chi connectivity index (χ3n) is 3.05. The van der Waals surface area contributed by atoms with Crippen molar-refractivity contribution in [3.63, 3.8) is 0 Å². The third kappa shape index (κ3) is 5.98. The fourth-order valence-corrected chi connectivity index (χ4v) is 1.77. The number of nitrogens with one attached hydrogen (secondary N) is 2. The van der Waals surface area contributed by atoms with Crippen LogP contribution in [0.2, 0.25) is 0 Å². The first-order chi connectivity index (χ1) is 11.6. The number of primary amides is 1. The zero-order valence-electron chi connectivity index (χ0n) is 13.3. The molecule has 1 heterocycles. The summed E-state index contributed by atoms with van der Waals surface area (Å²) in [4.78, 5) is 38.1. The molecule has 25 heavy (non-hydrogen) atoms. The summed E-state index contributed by atoms with van der Waals surface area (Å²) in [6, 6.07) is -4.49. The fourth-order valence-electron chi connectivity index (χ4n) is 1.77. The van der Waals surface area contributed by atoms with Crippen molar-refractivity contribution in [1.82, 2.24) is 20.8 Å². The van der Waals surface area contributed by atoms with E-state index in [1.807, 2.05) is 0 Å². The number of carbonyl (C=O) groups excluding carboxylic acids is 3. The molecule has 0 saturated carbocycles. The van der Waals surface area contributed by atoms with E-state index < -0.39 is 55.2 Å². The number of aliphatic hydroxyl groups is 2. The van der Waals surface area contributed by atoms with Gasteiger partial charge in [0.25, 0.3) is 0 Å². The summed E-state index contributed by atoms with van der Waals surface area (Å²) in [6.07, 6.45) is -1.71. The Labute approximate surface area is 141 Å². The minimum absolute atomic E-state index is 0.0441. The summed E-state index contributed by atoms with van der Waals surface area (Å²) >= 11 is 0. The molecule has 1 rings (SSSR count). The number of nitrogens with two attached hydrogens (primary N) is 2. The molecule has 13 heteroatoms. The second kappa shape index (κ2) is 8.91. The Bertz CT molecular complexity index is 619. The highest BCUT2D eigenvalue weighted by Crippen LogP contribution is 2.16. The molecule has 1 aromatic rings. The number of carbonyl (C=O) groups is 3. The van der Waals surface area contributed by atoms with Crippen molar-refractivity contribution in [3.05, 3.63) is 11.7 Å². The van der Waals surface area contributed by atoms with E-state index in [1.165, 1.54) is 6.92 Å². The van der Waals surface area contributed by atoms with Crippen LogP contribution in [-0.2, 0) is 9.59 Å². The molecule has 0 aliphatic rings. The van der Waals surface area contributed by atoms with Gasteiger partial charge in [-0.05, 0) is 6.92 Å². The van der Waals surface area contributed by atoms with Crippen molar-refractivity contribution in [2.45, 2.75) is 37.6 Å². The summed E-state index contributed by atoms with van der Waals surface area (Å²) in [5, 5.41) is 33.2. The lowest BCUT2D eigenvalue weighted by Crippen LogP contribution is -2.52. The minimum Gasteiger partial charge on any atom is -0.563 e. The van der Waals surface area contributed by atoms with Crippen LogP contribution in [0.5, 0.6) is 0 Å². The highest BCUT2D eigenvalue weighted by Gasteiger charge is 2.33. The van der Waals surface area contributed by atoms with Gasteiger partial charge in [-0.2, -0.15) is 4.98 Å². The van der Waals surface area contributed by atoms with Crippen LogP contribution >= 0.6 is 0 Å². The van der Waals surface area contributed by atoms with Crippen LogP contribution < -0.4 is 22.1 Å². The number of aliphatic hydroxyl groups excluding tert-OH is 2. The van der Waals surface area contributed by atoms with Crippen molar-refractivity contribution >= 4 is 17.9 Å². The third-order valence-corrected chi connectivity index (χ3v) is 3.05. The number of aromatic nitrogens is 2. The van der Waals surface area contributed by atoms with E-state index in [2.05, 4.69) is 20.8 Å². The summed E-state index contributed by atoms with van der Waals surface area (Å²) in [6.45, 7) is 0.772. The standard InChI is InChI=1S/C12H20N6O7/c1-4(20)8(11(22)23)16-12(24)15-6(2-7(14)21)10-17-9(18-25-10)5(13)3-19/h4-6,8,19-20H,2-3,13H2,1H3,(H2,14,21)(H,22,23)(H2,15,16,24)/p+1/t4?,5-,6+,8+/m1/s1. The number of rotatable bonds is 9. The predicted molar refractivity (Wildman–Crippen MR) is 80.6 cm³/mol. The zero-order chi connectivity index (χ0) is 19.1. The van der Waals surface area contributed by atoms with Gasteiger partial charge in [0.15, 0.2) is 5.82 Å². The van der Waals surface area contributed by atoms with Gasteiger partial charge in [0.1, 0.15) is 6.04 Å². The van der Waals surface area contributed by atoms with Gasteiger partial charge in [-0.15, -0.1) is 0 Å².